The minimum Gasteiger partial charge on any atom is -0.317 e. The summed E-state index contributed by atoms with van der Waals surface area (Å²) < 4.78 is 0. The molecule has 2 heteroatoms. The van der Waals surface area contributed by atoms with Crippen LogP contribution in [0.5, 0.6) is 0 Å². The van der Waals surface area contributed by atoms with Gasteiger partial charge in [0.2, 0.25) is 0 Å². The molecule has 0 aliphatic heterocycles. The molecule has 0 aromatic carbocycles. The second-order valence-electron chi connectivity index (χ2n) is 7.48. The maximum atomic E-state index is 3.81. The minimum atomic E-state index is 0.785. The Morgan fingerprint density at radius 1 is 0.952 bits per heavy atom. The Morgan fingerprint density at radius 3 is 2.19 bits per heavy atom. The Kier molecular flexibility index (Phi) is 7.25. The average Bonchev–Trinajstić information content (AvgIpc) is 2.52. The standard InChI is InChI=1S/C19H36N2/c1-15(2)17-8-12-19(13-9-17)21-14-4-5-16-6-10-18(20-3)11-7-16/h16,18-21H,4-14H2,1-3H3. The fourth-order valence-corrected chi connectivity index (χ4v) is 4.11. The van der Waals surface area contributed by atoms with Gasteiger partial charge in [0.25, 0.3) is 0 Å². The van der Waals surface area contributed by atoms with E-state index >= 15 is 0 Å². The van der Waals surface area contributed by atoms with E-state index in [-0.39, 0.29) is 0 Å². The summed E-state index contributed by atoms with van der Waals surface area (Å²) in [7, 11) is 2.11. The van der Waals surface area contributed by atoms with E-state index in [4.69, 9.17) is 0 Å². The maximum Gasteiger partial charge on any atom is 0.00731 e. The van der Waals surface area contributed by atoms with Gasteiger partial charge in [0.05, 0.1) is 0 Å². The maximum absolute atomic E-state index is 3.81. The van der Waals surface area contributed by atoms with Crippen LogP contribution < -0.4 is 10.6 Å². The van der Waals surface area contributed by atoms with E-state index < -0.39 is 0 Å². The smallest absolute Gasteiger partial charge is 0.00731 e. The van der Waals surface area contributed by atoms with Crippen LogP contribution in [-0.4, -0.2) is 25.7 Å². The molecule has 0 bridgehead atoms. The molecule has 2 saturated carbocycles. The van der Waals surface area contributed by atoms with Gasteiger partial charge in [-0.2, -0.15) is 0 Å². The summed E-state index contributed by atoms with van der Waals surface area (Å²) in [5, 5.41) is 7.24. The molecule has 122 valence electrons. The molecule has 0 heterocycles. The summed E-state index contributed by atoms with van der Waals surface area (Å²) in [6.45, 7) is 5.78. The number of nitrogens with one attached hydrogen (secondary N) is 2. The molecule has 0 spiro atoms. The van der Waals surface area contributed by atoms with Crippen LogP contribution in [0.25, 0.3) is 0 Å². The highest BCUT2D eigenvalue weighted by atomic mass is 14.9. The lowest BCUT2D eigenvalue weighted by atomic mass is 9.83. The third kappa shape index (κ3) is 5.75. The fourth-order valence-electron chi connectivity index (χ4n) is 4.11. The summed E-state index contributed by atoms with van der Waals surface area (Å²) in [6, 6.07) is 1.58. The quantitative estimate of drug-likeness (QED) is 0.559. The van der Waals surface area contributed by atoms with Gasteiger partial charge in [-0.1, -0.05) is 11.1 Å². The second-order valence-corrected chi connectivity index (χ2v) is 7.48. The van der Waals surface area contributed by atoms with E-state index in [1.807, 2.05) is 0 Å². The van der Waals surface area contributed by atoms with Crippen molar-refractivity contribution in [1.82, 2.24) is 10.6 Å². The first-order valence-corrected chi connectivity index (χ1v) is 9.25. The van der Waals surface area contributed by atoms with Crippen LogP contribution in [0.3, 0.4) is 0 Å². The molecule has 0 aromatic rings. The molecule has 2 aliphatic rings. The summed E-state index contributed by atoms with van der Waals surface area (Å²) >= 11 is 0. The Balaban J connectivity index is 1.52. The monoisotopic (exact) mass is 292 g/mol. The van der Waals surface area contributed by atoms with Crippen molar-refractivity contribution < 1.29 is 0 Å². The van der Waals surface area contributed by atoms with Crippen molar-refractivity contribution in [3.05, 3.63) is 11.1 Å². The molecular formula is C19H36N2. The van der Waals surface area contributed by atoms with Crippen molar-refractivity contribution in [2.24, 2.45) is 5.92 Å². The molecule has 21 heavy (non-hydrogen) atoms. The molecule has 2 aliphatic carbocycles. The van der Waals surface area contributed by atoms with Crippen molar-refractivity contribution in [3.8, 4) is 0 Å². The van der Waals surface area contributed by atoms with Gasteiger partial charge < -0.3 is 10.6 Å². The van der Waals surface area contributed by atoms with Crippen molar-refractivity contribution in [1.29, 1.82) is 0 Å². The molecule has 2 N–H and O–H groups in total. The minimum absolute atomic E-state index is 0.785. The summed E-state index contributed by atoms with van der Waals surface area (Å²) in [5.41, 5.74) is 3.28. The fraction of sp³-hybridized carbons (Fsp3) is 0.895. The zero-order chi connectivity index (χ0) is 15.1. The van der Waals surface area contributed by atoms with E-state index in [1.165, 1.54) is 70.8 Å². The SMILES string of the molecule is CNC1CCC(CCCNC2CCC(=C(C)C)CC2)CC1. The van der Waals surface area contributed by atoms with Crippen LogP contribution in [0.1, 0.15) is 78.1 Å². The Hall–Kier alpha value is -0.340. The van der Waals surface area contributed by atoms with Gasteiger partial charge in [0, 0.05) is 12.1 Å². The molecule has 2 fully saturated rings. The number of hydrogen-bond acceptors (Lipinski definition) is 2. The highest BCUT2D eigenvalue weighted by molar-refractivity contribution is 5.12. The van der Waals surface area contributed by atoms with Gasteiger partial charge in [0.1, 0.15) is 0 Å². The van der Waals surface area contributed by atoms with E-state index in [1.54, 1.807) is 11.1 Å². The molecule has 2 nitrogen and oxygen atoms in total. The van der Waals surface area contributed by atoms with E-state index in [0.29, 0.717) is 0 Å². The Bertz CT molecular complexity index is 312. The number of allylic oxidation sites excluding steroid dienone is 2. The van der Waals surface area contributed by atoms with E-state index in [2.05, 4.69) is 31.5 Å². The van der Waals surface area contributed by atoms with Crippen molar-refractivity contribution in [2.45, 2.75) is 90.1 Å². The third-order valence-electron chi connectivity index (χ3n) is 5.77. The van der Waals surface area contributed by atoms with Gasteiger partial charge in [-0.05, 0) is 97.6 Å². The van der Waals surface area contributed by atoms with Gasteiger partial charge in [-0.25, -0.2) is 0 Å². The first-order valence-electron chi connectivity index (χ1n) is 9.25. The first kappa shape index (κ1) is 17.0. The number of hydrogen-bond donors (Lipinski definition) is 2. The van der Waals surface area contributed by atoms with Crippen molar-refractivity contribution in [3.63, 3.8) is 0 Å². The molecular weight excluding hydrogens is 256 g/mol. The Labute approximate surface area is 132 Å². The highest BCUT2D eigenvalue weighted by Gasteiger charge is 2.20. The summed E-state index contributed by atoms with van der Waals surface area (Å²) in [4.78, 5) is 0. The predicted octanol–water partition coefficient (Wildman–Crippen LogP) is 4.41. The highest BCUT2D eigenvalue weighted by Crippen LogP contribution is 2.28. The van der Waals surface area contributed by atoms with Crippen molar-refractivity contribution >= 4 is 0 Å². The Morgan fingerprint density at radius 2 is 1.62 bits per heavy atom. The van der Waals surface area contributed by atoms with Gasteiger partial charge in [-0.3, -0.25) is 0 Å². The van der Waals surface area contributed by atoms with E-state index in [9.17, 15) is 0 Å². The summed E-state index contributed by atoms with van der Waals surface area (Å²) in [6.07, 6.45) is 13.9. The number of rotatable bonds is 6. The van der Waals surface area contributed by atoms with Crippen molar-refractivity contribution in [2.75, 3.05) is 13.6 Å². The lowest BCUT2D eigenvalue weighted by Crippen LogP contribution is -2.33. The van der Waals surface area contributed by atoms with Crippen LogP contribution in [0.15, 0.2) is 11.1 Å². The van der Waals surface area contributed by atoms with Gasteiger partial charge in [-0.15, -0.1) is 0 Å². The van der Waals surface area contributed by atoms with Crippen LogP contribution in [0.2, 0.25) is 0 Å². The van der Waals surface area contributed by atoms with Crippen LogP contribution >= 0.6 is 0 Å². The third-order valence-corrected chi connectivity index (χ3v) is 5.77. The van der Waals surface area contributed by atoms with Crippen LogP contribution in [0, 0.1) is 5.92 Å². The topological polar surface area (TPSA) is 24.1 Å². The van der Waals surface area contributed by atoms with Gasteiger partial charge in [0.15, 0.2) is 0 Å². The largest absolute Gasteiger partial charge is 0.317 e. The lowest BCUT2D eigenvalue weighted by Gasteiger charge is -2.29. The zero-order valence-corrected chi connectivity index (χ0v) is 14.5. The molecule has 0 radical (unpaired) electrons. The predicted molar refractivity (Wildman–Crippen MR) is 92.7 cm³/mol. The van der Waals surface area contributed by atoms with Crippen LogP contribution in [-0.2, 0) is 0 Å². The zero-order valence-electron chi connectivity index (χ0n) is 14.5. The molecule has 0 amide bonds. The summed E-state index contributed by atoms with van der Waals surface area (Å²) in [5.74, 6) is 1.00. The van der Waals surface area contributed by atoms with E-state index in [0.717, 1.165) is 18.0 Å². The first-order chi connectivity index (χ1) is 10.2. The van der Waals surface area contributed by atoms with Crippen LogP contribution in [0.4, 0.5) is 0 Å². The average molecular weight is 293 g/mol. The molecule has 0 atom stereocenters. The molecule has 0 aromatic heterocycles. The van der Waals surface area contributed by atoms with Gasteiger partial charge >= 0.3 is 0 Å². The molecule has 2 rings (SSSR count). The molecule has 0 unspecified atom stereocenters. The normalized spacial score (nSPS) is 30.4. The molecule has 0 saturated heterocycles. The lowest BCUT2D eigenvalue weighted by molar-refractivity contribution is 0.281. The second kappa shape index (κ2) is 8.95.